The first-order valence-electron chi connectivity index (χ1n) is 5.42. The molecule has 94 valence electrons. The number of carbonyl (C=O) groups is 1. The Hall–Kier alpha value is -2.01. The van der Waals surface area contributed by atoms with E-state index in [0.29, 0.717) is 16.3 Å². The number of aromatic hydroxyl groups is 1. The van der Waals surface area contributed by atoms with E-state index in [2.05, 4.69) is 0 Å². The van der Waals surface area contributed by atoms with Crippen LogP contribution in [0.4, 0.5) is 11.4 Å². The summed E-state index contributed by atoms with van der Waals surface area (Å²) in [4.78, 5) is 15.2. The predicted octanol–water partition coefficient (Wildman–Crippen LogP) is 2.62. The van der Waals surface area contributed by atoms with Crippen LogP contribution in [0.2, 0.25) is 0 Å². The van der Waals surface area contributed by atoms with Crippen LogP contribution in [0.25, 0.3) is 0 Å². The van der Waals surface area contributed by atoms with Crippen LogP contribution in [0.3, 0.4) is 0 Å². The highest BCUT2D eigenvalue weighted by Crippen LogP contribution is 2.27. The molecule has 0 unspecified atom stereocenters. The summed E-state index contributed by atoms with van der Waals surface area (Å²) in [6.07, 6.45) is 0. The zero-order valence-electron chi connectivity index (χ0n) is 10.2. The highest BCUT2D eigenvalue weighted by atomic mass is 32.1. The van der Waals surface area contributed by atoms with Crippen molar-refractivity contribution in [3.63, 3.8) is 0 Å². The molecule has 0 aliphatic rings. The summed E-state index contributed by atoms with van der Waals surface area (Å²) in [5.74, 6) is -0.000533. The van der Waals surface area contributed by atoms with Gasteiger partial charge in [0, 0.05) is 29.4 Å². The summed E-state index contributed by atoms with van der Waals surface area (Å²) < 4.78 is 0. The van der Waals surface area contributed by atoms with E-state index in [1.165, 1.54) is 16.2 Å². The van der Waals surface area contributed by atoms with Gasteiger partial charge in [-0.25, -0.2) is 0 Å². The van der Waals surface area contributed by atoms with Crippen molar-refractivity contribution in [2.75, 3.05) is 17.7 Å². The lowest BCUT2D eigenvalue weighted by atomic mass is 10.2. The van der Waals surface area contributed by atoms with Gasteiger partial charge in [0.25, 0.3) is 5.91 Å². The second kappa shape index (κ2) is 4.70. The van der Waals surface area contributed by atoms with Crippen molar-refractivity contribution in [3.8, 4) is 5.75 Å². The zero-order valence-corrected chi connectivity index (χ0v) is 11.0. The molecular formula is C13H14N2O2S. The summed E-state index contributed by atoms with van der Waals surface area (Å²) in [7, 11) is 1.67. The van der Waals surface area contributed by atoms with Crippen molar-refractivity contribution in [3.05, 3.63) is 40.1 Å². The molecule has 5 heteroatoms. The topological polar surface area (TPSA) is 66.6 Å². The van der Waals surface area contributed by atoms with Crippen LogP contribution in [-0.2, 0) is 0 Å². The smallest absolute Gasteiger partial charge is 0.268 e. The van der Waals surface area contributed by atoms with Crippen LogP contribution in [0.1, 0.15) is 14.5 Å². The first-order valence-corrected chi connectivity index (χ1v) is 6.23. The van der Waals surface area contributed by atoms with Crippen LogP contribution >= 0.6 is 11.3 Å². The zero-order chi connectivity index (χ0) is 13.3. The van der Waals surface area contributed by atoms with E-state index < -0.39 is 0 Å². The molecule has 0 fully saturated rings. The molecule has 1 aromatic carbocycles. The van der Waals surface area contributed by atoms with Crippen molar-refractivity contribution in [1.29, 1.82) is 0 Å². The molecule has 2 aromatic rings. The third-order valence-corrected chi connectivity index (χ3v) is 3.74. The standard InChI is InChI=1S/C13H14N2O2S/c1-8-11(14)7-12(18-8)13(17)15(2)9-4-3-5-10(16)6-9/h3-7,16H,14H2,1-2H3. The molecule has 0 saturated carbocycles. The molecule has 0 aliphatic heterocycles. The Morgan fingerprint density at radius 3 is 2.67 bits per heavy atom. The number of phenolic OH excluding ortho intramolecular Hbond substituents is 1. The summed E-state index contributed by atoms with van der Waals surface area (Å²) in [6.45, 7) is 1.88. The fourth-order valence-corrected chi connectivity index (χ4v) is 2.50. The van der Waals surface area contributed by atoms with E-state index >= 15 is 0 Å². The monoisotopic (exact) mass is 262 g/mol. The minimum Gasteiger partial charge on any atom is -0.508 e. The van der Waals surface area contributed by atoms with E-state index in [0.717, 1.165) is 4.88 Å². The third kappa shape index (κ3) is 2.31. The minimum atomic E-state index is -0.134. The number of hydrogen-bond donors (Lipinski definition) is 2. The summed E-state index contributed by atoms with van der Waals surface area (Å²) >= 11 is 1.37. The average Bonchev–Trinajstić information content (AvgIpc) is 2.68. The Morgan fingerprint density at radius 2 is 2.11 bits per heavy atom. The molecule has 0 saturated heterocycles. The fourth-order valence-electron chi connectivity index (χ4n) is 1.59. The molecule has 0 radical (unpaired) electrons. The highest BCUT2D eigenvalue weighted by Gasteiger charge is 2.17. The molecule has 1 amide bonds. The van der Waals surface area contributed by atoms with Gasteiger partial charge in [-0.3, -0.25) is 4.79 Å². The van der Waals surface area contributed by atoms with Crippen molar-refractivity contribution in [2.45, 2.75) is 6.92 Å². The van der Waals surface area contributed by atoms with Crippen molar-refractivity contribution in [1.82, 2.24) is 0 Å². The maximum Gasteiger partial charge on any atom is 0.268 e. The molecule has 4 nitrogen and oxygen atoms in total. The van der Waals surface area contributed by atoms with E-state index in [1.54, 1.807) is 37.4 Å². The summed E-state index contributed by atoms with van der Waals surface area (Å²) in [6, 6.07) is 8.25. The van der Waals surface area contributed by atoms with Gasteiger partial charge < -0.3 is 15.7 Å². The molecule has 1 heterocycles. The Morgan fingerprint density at radius 1 is 1.39 bits per heavy atom. The van der Waals surface area contributed by atoms with Gasteiger partial charge in [-0.1, -0.05) is 6.07 Å². The van der Waals surface area contributed by atoms with Crippen LogP contribution < -0.4 is 10.6 Å². The second-order valence-corrected chi connectivity index (χ2v) is 5.26. The van der Waals surface area contributed by atoms with Gasteiger partial charge in [0.05, 0.1) is 4.88 Å². The van der Waals surface area contributed by atoms with Gasteiger partial charge >= 0.3 is 0 Å². The van der Waals surface area contributed by atoms with Crippen LogP contribution in [0, 0.1) is 6.92 Å². The summed E-state index contributed by atoms with van der Waals surface area (Å²) in [5.41, 5.74) is 7.02. The Bertz CT molecular complexity index is 573. The average molecular weight is 262 g/mol. The quantitative estimate of drug-likeness (QED) is 0.874. The maximum absolute atomic E-state index is 12.2. The SMILES string of the molecule is Cc1sc(C(=O)N(C)c2cccc(O)c2)cc1N. The lowest BCUT2D eigenvalue weighted by Gasteiger charge is -2.16. The van der Waals surface area contributed by atoms with Gasteiger partial charge in [-0.2, -0.15) is 0 Å². The number of nitrogen functional groups attached to an aromatic ring is 1. The number of aryl methyl sites for hydroxylation is 1. The number of nitrogens with two attached hydrogens (primary N) is 1. The molecule has 2 rings (SSSR count). The number of hydrogen-bond acceptors (Lipinski definition) is 4. The minimum absolute atomic E-state index is 0.133. The molecule has 0 spiro atoms. The number of carbonyl (C=O) groups excluding carboxylic acids is 1. The van der Waals surface area contributed by atoms with E-state index in [9.17, 15) is 9.90 Å². The lowest BCUT2D eigenvalue weighted by Crippen LogP contribution is -2.25. The molecule has 3 N–H and O–H groups in total. The Balaban J connectivity index is 2.29. The first-order chi connectivity index (χ1) is 8.49. The van der Waals surface area contributed by atoms with Gasteiger partial charge in [0.1, 0.15) is 5.75 Å². The van der Waals surface area contributed by atoms with Crippen LogP contribution in [0.15, 0.2) is 30.3 Å². The van der Waals surface area contributed by atoms with Crippen molar-refractivity contribution in [2.24, 2.45) is 0 Å². The number of amides is 1. The van der Waals surface area contributed by atoms with Gasteiger partial charge in [-0.05, 0) is 25.1 Å². The van der Waals surface area contributed by atoms with E-state index in [4.69, 9.17) is 5.73 Å². The number of phenols is 1. The fraction of sp³-hybridized carbons (Fsp3) is 0.154. The van der Waals surface area contributed by atoms with Crippen LogP contribution in [-0.4, -0.2) is 18.1 Å². The highest BCUT2D eigenvalue weighted by molar-refractivity contribution is 7.14. The molecule has 0 bridgehead atoms. The number of benzene rings is 1. The molecule has 0 aliphatic carbocycles. The molecule has 0 atom stereocenters. The van der Waals surface area contributed by atoms with Crippen LogP contribution in [0.5, 0.6) is 5.75 Å². The van der Waals surface area contributed by atoms with Gasteiger partial charge in [0.2, 0.25) is 0 Å². The number of thiophene rings is 1. The van der Waals surface area contributed by atoms with Crippen molar-refractivity contribution < 1.29 is 9.90 Å². The lowest BCUT2D eigenvalue weighted by molar-refractivity contribution is 0.0997. The Kier molecular flexibility index (Phi) is 3.25. The number of rotatable bonds is 2. The first kappa shape index (κ1) is 12.4. The molecular weight excluding hydrogens is 248 g/mol. The summed E-state index contributed by atoms with van der Waals surface area (Å²) in [5, 5.41) is 9.41. The van der Waals surface area contributed by atoms with Crippen molar-refractivity contribution >= 4 is 28.6 Å². The predicted molar refractivity (Wildman–Crippen MR) is 74.3 cm³/mol. The number of nitrogens with zero attached hydrogens (tertiary/aromatic N) is 1. The largest absolute Gasteiger partial charge is 0.508 e. The normalized spacial score (nSPS) is 10.3. The Labute approximate surface area is 109 Å². The van der Waals surface area contributed by atoms with Gasteiger partial charge in [-0.15, -0.1) is 11.3 Å². The molecule has 1 aromatic heterocycles. The second-order valence-electron chi connectivity index (χ2n) is 4.01. The van der Waals surface area contributed by atoms with Gasteiger partial charge in [0.15, 0.2) is 0 Å². The number of anilines is 2. The maximum atomic E-state index is 12.2. The molecule has 18 heavy (non-hydrogen) atoms. The van der Waals surface area contributed by atoms with E-state index in [1.807, 2.05) is 6.92 Å². The van der Waals surface area contributed by atoms with E-state index in [-0.39, 0.29) is 11.7 Å². The third-order valence-electron chi connectivity index (χ3n) is 2.69.